The van der Waals surface area contributed by atoms with Gasteiger partial charge in [0, 0.05) is 17.1 Å². The number of thioether (sulfide) groups is 1. The largest absolute Gasteiger partial charge is 0.305 e. The Hall–Kier alpha value is -2.52. The van der Waals surface area contributed by atoms with E-state index in [-0.39, 0.29) is 17.5 Å². The van der Waals surface area contributed by atoms with Gasteiger partial charge in [0.2, 0.25) is 0 Å². The normalized spacial score (nSPS) is 11.1. The molecule has 0 spiro atoms. The van der Waals surface area contributed by atoms with Crippen molar-refractivity contribution in [2.75, 3.05) is 5.75 Å². The van der Waals surface area contributed by atoms with Crippen LogP contribution in [0, 0.1) is 5.82 Å². The summed E-state index contributed by atoms with van der Waals surface area (Å²) in [6.45, 7) is 0. The van der Waals surface area contributed by atoms with Gasteiger partial charge in [0.05, 0.1) is 12.0 Å². The molecule has 0 bridgehead atoms. The van der Waals surface area contributed by atoms with Crippen LogP contribution >= 0.6 is 27.7 Å². The van der Waals surface area contributed by atoms with Crippen molar-refractivity contribution in [3.63, 3.8) is 0 Å². The second-order valence-electron chi connectivity index (χ2n) is 5.51. The molecule has 9 heteroatoms. The smallest absolute Gasteiger partial charge is 0.250 e. The van der Waals surface area contributed by atoms with E-state index < -0.39 is 0 Å². The summed E-state index contributed by atoms with van der Waals surface area (Å²) < 4.78 is 15.7. The third-order valence-corrected chi connectivity index (χ3v) is 5.09. The van der Waals surface area contributed by atoms with Gasteiger partial charge in [0.15, 0.2) is 11.0 Å². The summed E-state index contributed by atoms with van der Waals surface area (Å²) in [6, 6.07) is 13.6. The lowest BCUT2D eigenvalue weighted by Gasteiger charge is -2.04. The van der Waals surface area contributed by atoms with Crippen LogP contribution in [-0.4, -0.2) is 32.6 Å². The van der Waals surface area contributed by atoms with Crippen molar-refractivity contribution < 1.29 is 9.18 Å². The molecule has 0 aliphatic rings. The minimum absolute atomic E-state index is 0.146. The van der Waals surface area contributed by atoms with Gasteiger partial charge in [-0.05, 0) is 29.8 Å². The summed E-state index contributed by atoms with van der Waals surface area (Å²) in [7, 11) is 1.85. The molecule has 1 N–H and O–H groups in total. The predicted molar refractivity (Wildman–Crippen MR) is 107 cm³/mol. The van der Waals surface area contributed by atoms with Crippen LogP contribution in [0.5, 0.6) is 0 Å². The number of carbonyl (C=O) groups excluding carboxylic acids is 1. The second kappa shape index (κ2) is 8.92. The molecule has 1 amide bonds. The second-order valence-corrected chi connectivity index (χ2v) is 7.36. The van der Waals surface area contributed by atoms with E-state index in [9.17, 15) is 9.18 Å². The first-order valence-corrected chi connectivity index (χ1v) is 9.66. The molecule has 3 aromatic rings. The topological polar surface area (TPSA) is 72.2 Å². The fourth-order valence-electron chi connectivity index (χ4n) is 2.18. The van der Waals surface area contributed by atoms with E-state index in [0.29, 0.717) is 10.7 Å². The molecule has 0 radical (unpaired) electrons. The Kier molecular flexibility index (Phi) is 6.36. The zero-order chi connectivity index (χ0) is 19.2. The number of nitrogens with zero attached hydrogens (tertiary/aromatic N) is 4. The lowest BCUT2D eigenvalue weighted by molar-refractivity contribution is -0.118. The molecule has 0 fully saturated rings. The number of carbonyl (C=O) groups is 1. The highest BCUT2D eigenvalue weighted by Crippen LogP contribution is 2.23. The molecule has 3 rings (SSSR count). The first-order chi connectivity index (χ1) is 13.0. The van der Waals surface area contributed by atoms with Gasteiger partial charge < -0.3 is 4.57 Å². The molecular weight excluding hydrogens is 433 g/mol. The average Bonchev–Trinajstić information content (AvgIpc) is 3.03. The quantitative estimate of drug-likeness (QED) is 0.355. The maximum atomic E-state index is 12.8. The number of aromatic nitrogens is 3. The van der Waals surface area contributed by atoms with E-state index >= 15 is 0 Å². The van der Waals surface area contributed by atoms with E-state index in [1.807, 2.05) is 35.9 Å². The van der Waals surface area contributed by atoms with Crippen molar-refractivity contribution in [3.05, 3.63) is 64.4 Å². The fourth-order valence-corrected chi connectivity index (χ4v) is 3.15. The summed E-state index contributed by atoms with van der Waals surface area (Å²) in [4.78, 5) is 11.9. The van der Waals surface area contributed by atoms with Crippen LogP contribution in [0.1, 0.15) is 5.56 Å². The number of benzene rings is 2. The van der Waals surface area contributed by atoms with Gasteiger partial charge in [-0.15, -0.1) is 10.2 Å². The highest BCUT2D eigenvalue weighted by atomic mass is 79.9. The summed E-state index contributed by atoms with van der Waals surface area (Å²) in [5.41, 5.74) is 4.06. The average molecular weight is 448 g/mol. The van der Waals surface area contributed by atoms with Crippen molar-refractivity contribution in [2.45, 2.75) is 5.16 Å². The minimum Gasteiger partial charge on any atom is -0.305 e. The van der Waals surface area contributed by atoms with Crippen molar-refractivity contribution >= 4 is 39.8 Å². The lowest BCUT2D eigenvalue weighted by atomic mass is 10.2. The summed E-state index contributed by atoms with van der Waals surface area (Å²) in [5, 5.41) is 12.8. The Morgan fingerprint density at radius 3 is 2.63 bits per heavy atom. The van der Waals surface area contributed by atoms with E-state index in [1.54, 1.807) is 12.1 Å². The molecule has 27 heavy (non-hydrogen) atoms. The zero-order valence-corrected chi connectivity index (χ0v) is 16.7. The standard InChI is InChI=1S/C18H15BrFN5OS/c1-25-17(13-4-6-14(19)7-5-13)23-24-18(25)27-11-16(26)22-21-10-12-2-8-15(20)9-3-12/h2-10H,11H2,1H3,(H,22,26)/b21-10-. The zero-order valence-electron chi connectivity index (χ0n) is 14.3. The first-order valence-electron chi connectivity index (χ1n) is 7.88. The van der Waals surface area contributed by atoms with Crippen LogP contribution in [-0.2, 0) is 11.8 Å². The van der Waals surface area contributed by atoms with E-state index in [4.69, 9.17) is 0 Å². The fraction of sp³-hybridized carbons (Fsp3) is 0.111. The van der Waals surface area contributed by atoms with Crippen LogP contribution in [0.25, 0.3) is 11.4 Å². The van der Waals surface area contributed by atoms with Crippen LogP contribution in [0.4, 0.5) is 4.39 Å². The highest BCUT2D eigenvalue weighted by Gasteiger charge is 2.12. The Labute approximate surface area is 168 Å². The summed E-state index contributed by atoms with van der Waals surface area (Å²) in [6.07, 6.45) is 1.45. The molecule has 1 aromatic heterocycles. The molecule has 0 saturated carbocycles. The van der Waals surface area contributed by atoms with Crippen molar-refractivity contribution in [2.24, 2.45) is 12.1 Å². The molecule has 1 heterocycles. The van der Waals surface area contributed by atoms with Gasteiger partial charge in [0.1, 0.15) is 5.82 Å². The van der Waals surface area contributed by atoms with Crippen molar-refractivity contribution in [1.29, 1.82) is 0 Å². The molecule has 0 unspecified atom stereocenters. The van der Waals surface area contributed by atoms with Gasteiger partial charge in [0.25, 0.3) is 5.91 Å². The molecule has 0 aliphatic heterocycles. The molecule has 138 valence electrons. The summed E-state index contributed by atoms with van der Waals surface area (Å²) in [5.74, 6) is 0.276. The maximum absolute atomic E-state index is 12.8. The van der Waals surface area contributed by atoms with Gasteiger partial charge in [-0.1, -0.05) is 52.0 Å². The van der Waals surface area contributed by atoms with Crippen LogP contribution in [0.3, 0.4) is 0 Å². The highest BCUT2D eigenvalue weighted by molar-refractivity contribution is 9.10. The molecular formula is C18H15BrFN5OS. The SMILES string of the molecule is Cn1c(SCC(=O)N/N=C\c2ccc(F)cc2)nnc1-c1ccc(Br)cc1. The number of hydrogen-bond acceptors (Lipinski definition) is 5. The monoisotopic (exact) mass is 447 g/mol. The van der Waals surface area contributed by atoms with E-state index in [2.05, 4.69) is 36.7 Å². The van der Waals surface area contributed by atoms with Crippen molar-refractivity contribution in [3.8, 4) is 11.4 Å². The molecule has 0 aliphatic carbocycles. The number of halogens is 2. The Morgan fingerprint density at radius 2 is 1.93 bits per heavy atom. The predicted octanol–water partition coefficient (Wildman–Crippen LogP) is 3.63. The van der Waals surface area contributed by atoms with Gasteiger partial charge in [-0.3, -0.25) is 4.79 Å². The van der Waals surface area contributed by atoms with E-state index in [0.717, 1.165) is 15.9 Å². The number of hydrogen-bond donors (Lipinski definition) is 1. The third kappa shape index (κ3) is 5.24. The Morgan fingerprint density at radius 1 is 1.22 bits per heavy atom. The van der Waals surface area contributed by atoms with Gasteiger partial charge >= 0.3 is 0 Å². The maximum Gasteiger partial charge on any atom is 0.250 e. The summed E-state index contributed by atoms with van der Waals surface area (Å²) >= 11 is 4.67. The van der Waals surface area contributed by atoms with Crippen LogP contribution in [0.15, 0.2) is 63.3 Å². The van der Waals surface area contributed by atoms with Gasteiger partial charge in [-0.25, -0.2) is 9.82 Å². The Bertz CT molecular complexity index is 957. The molecule has 0 atom stereocenters. The van der Waals surface area contributed by atoms with E-state index in [1.165, 1.54) is 30.1 Å². The minimum atomic E-state index is -0.321. The Balaban J connectivity index is 1.54. The number of rotatable bonds is 6. The number of amides is 1. The third-order valence-electron chi connectivity index (χ3n) is 3.54. The van der Waals surface area contributed by atoms with Gasteiger partial charge in [-0.2, -0.15) is 5.10 Å². The first kappa shape index (κ1) is 19.2. The lowest BCUT2D eigenvalue weighted by Crippen LogP contribution is -2.19. The number of hydrazone groups is 1. The molecule has 2 aromatic carbocycles. The van der Waals surface area contributed by atoms with Crippen molar-refractivity contribution in [1.82, 2.24) is 20.2 Å². The molecule has 6 nitrogen and oxygen atoms in total. The number of nitrogens with one attached hydrogen (secondary N) is 1. The molecule has 0 saturated heterocycles. The van der Waals surface area contributed by atoms with Crippen LogP contribution in [0.2, 0.25) is 0 Å². The van der Waals surface area contributed by atoms with Crippen LogP contribution < -0.4 is 5.43 Å².